The van der Waals surface area contributed by atoms with Crippen molar-refractivity contribution in [3.8, 4) is 0 Å². The fourth-order valence-electron chi connectivity index (χ4n) is 1.76. The van der Waals surface area contributed by atoms with E-state index < -0.39 is 18.1 Å². The maximum atomic E-state index is 11.9. The summed E-state index contributed by atoms with van der Waals surface area (Å²) in [6.45, 7) is 1.42. The van der Waals surface area contributed by atoms with Crippen LogP contribution in [-0.4, -0.2) is 47.0 Å². The molecule has 118 valence electrons. The molecule has 0 bridgehead atoms. The smallest absolute Gasteiger partial charge is 0.331 e. The highest BCUT2D eigenvalue weighted by molar-refractivity contribution is 8.01. The van der Waals surface area contributed by atoms with Crippen LogP contribution in [0, 0.1) is 0 Å². The molecular formula is C14H16N2O4S2. The predicted octanol–water partition coefficient (Wildman–Crippen LogP) is 1.43. The molecule has 0 spiro atoms. The van der Waals surface area contributed by atoms with Gasteiger partial charge in [-0.15, -0.1) is 11.3 Å². The number of aliphatic hydroxyl groups is 1. The SMILES string of the molecule is COC(=O)C(NC(=O)CSc1nc2ccccc2s1)C(C)O. The van der Waals surface area contributed by atoms with Crippen molar-refractivity contribution >= 4 is 45.2 Å². The lowest BCUT2D eigenvalue weighted by molar-refractivity contribution is -0.147. The highest BCUT2D eigenvalue weighted by Crippen LogP contribution is 2.29. The van der Waals surface area contributed by atoms with Gasteiger partial charge in [-0.05, 0) is 19.1 Å². The summed E-state index contributed by atoms with van der Waals surface area (Å²) in [7, 11) is 1.21. The molecule has 6 nitrogen and oxygen atoms in total. The molecule has 0 saturated carbocycles. The van der Waals surface area contributed by atoms with E-state index in [-0.39, 0.29) is 11.7 Å². The number of carbonyl (C=O) groups excluding carboxylic acids is 2. The van der Waals surface area contributed by atoms with Crippen LogP contribution in [-0.2, 0) is 14.3 Å². The molecule has 2 rings (SSSR count). The third kappa shape index (κ3) is 4.19. The number of thioether (sulfide) groups is 1. The van der Waals surface area contributed by atoms with Crippen LogP contribution >= 0.6 is 23.1 Å². The van der Waals surface area contributed by atoms with Gasteiger partial charge in [0.15, 0.2) is 10.4 Å². The van der Waals surface area contributed by atoms with Gasteiger partial charge in [-0.25, -0.2) is 9.78 Å². The van der Waals surface area contributed by atoms with Gasteiger partial charge in [0.1, 0.15) is 0 Å². The number of thiazole rings is 1. The van der Waals surface area contributed by atoms with Gasteiger partial charge in [0.25, 0.3) is 0 Å². The van der Waals surface area contributed by atoms with E-state index in [2.05, 4.69) is 15.0 Å². The Bertz CT molecular complexity index is 639. The van der Waals surface area contributed by atoms with Gasteiger partial charge in [-0.1, -0.05) is 23.9 Å². The van der Waals surface area contributed by atoms with E-state index in [1.807, 2.05) is 24.3 Å². The number of hydrogen-bond donors (Lipinski definition) is 2. The summed E-state index contributed by atoms with van der Waals surface area (Å²) in [6, 6.07) is 6.67. The topological polar surface area (TPSA) is 88.5 Å². The van der Waals surface area contributed by atoms with Crippen molar-refractivity contribution in [1.82, 2.24) is 10.3 Å². The number of carbonyl (C=O) groups is 2. The molecule has 22 heavy (non-hydrogen) atoms. The highest BCUT2D eigenvalue weighted by atomic mass is 32.2. The number of para-hydroxylation sites is 1. The summed E-state index contributed by atoms with van der Waals surface area (Å²) in [5.74, 6) is -0.922. The number of aromatic nitrogens is 1. The van der Waals surface area contributed by atoms with Crippen LogP contribution in [0.25, 0.3) is 10.2 Å². The van der Waals surface area contributed by atoms with Gasteiger partial charge in [0.2, 0.25) is 5.91 Å². The molecule has 8 heteroatoms. The first-order valence-corrected chi connectivity index (χ1v) is 8.35. The molecule has 0 aliphatic heterocycles. The lowest BCUT2D eigenvalue weighted by Gasteiger charge is -2.18. The van der Waals surface area contributed by atoms with Crippen molar-refractivity contribution in [2.24, 2.45) is 0 Å². The lowest BCUT2D eigenvalue weighted by Crippen LogP contribution is -2.48. The zero-order valence-corrected chi connectivity index (χ0v) is 13.7. The minimum absolute atomic E-state index is 0.111. The first kappa shape index (κ1) is 16.7. The number of nitrogens with zero attached hydrogens (tertiary/aromatic N) is 1. The normalized spacial score (nSPS) is 13.6. The molecule has 1 aromatic heterocycles. The third-order valence-corrected chi connectivity index (χ3v) is 5.03. The Hall–Kier alpha value is -1.64. The number of benzene rings is 1. The first-order chi connectivity index (χ1) is 10.5. The van der Waals surface area contributed by atoms with Crippen LogP contribution in [0.4, 0.5) is 0 Å². The molecular weight excluding hydrogens is 324 g/mol. The van der Waals surface area contributed by atoms with Gasteiger partial charge in [-0.3, -0.25) is 4.79 Å². The third-order valence-electron chi connectivity index (χ3n) is 2.86. The van der Waals surface area contributed by atoms with Crippen LogP contribution in [0.2, 0.25) is 0 Å². The number of amides is 1. The van der Waals surface area contributed by atoms with E-state index >= 15 is 0 Å². The van der Waals surface area contributed by atoms with Crippen LogP contribution in [0.1, 0.15) is 6.92 Å². The quantitative estimate of drug-likeness (QED) is 0.611. The number of fused-ring (bicyclic) bond motifs is 1. The van der Waals surface area contributed by atoms with Crippen molar-refractivity contribution < 1.29 is 19.4 Å². The molecule has 0 fully saturated rings. The van der Waals surface area contributed by atoms with Crippen molar-refractivity contribution in [2.45, 2.75) is 23.4 Å². The molecule has 0 saturated heterocycles. The molecule has 2 N–H and O–H groups in total. The summed E-state index contributed by atoms with van der Waals surface area (Å²) in [5, 5.41) is 12.0. The maximum absolute atomic E-state index is 11.9. The Morgan fingerprint density at radius 2 is 2.18 bits per heavy atom. The molecule has 2 unspecified atom stereocenters. The molecule has 1 aromatic carbocycles. The second-order valence-electron chi connectivity index (χ2n) is 4.55. The van der Waals surface area contributed by atoms with Gasteiger partial charge in [-0.2, -0.15) is 0 Å². The maximum Gasteiger partial charge on any atom is 0.331 e. The average molecular weight is 340 g/mol. The Labute approximate surface area is 135 Å². The zero-order chi connectivity index (χ0) is 16.1. The number of aliphatic hydroxyl groups excluding tert-OH is 1. The fourth-order valence-corrected chi connectivity index (χ4v) is 3.64. The van der Waals surface area contributed by atoms with Crippen LogP contribution in [0.15, 0.2) is 28.6 Å². The summed E-state index contributed by atoms with van der Waals surface area (Å²) >= 11 is 2.79. The number of hydrogen-bond acceptors (Lipinski definition) is 7. The van der Waals surface area contributed by atoms with Crippen LogP contribution in [0.5, 0.6) is 0 Å². The van der Waals surface area contributed by atoms with Crippen molar-refractivity contribution in [3.63, 3.8) is 0 Å². The molecule has 0 aliphatic carbocycles. The number of nitrogens with one attached hydrogen (secondary N) is 1. The Morgan fingerprint density at radius 3 is 2.82 bits per heavy atom. The Morgan fingerprint density at radius 1 is 1.45 bits per heavy atom. The van der Waals surface area contributed by atoms with Crippen molar-refractivity contribution in [2.75, 3.05) is 12.9 Å². The molecule has 1 heterocycles. The second kappa shape index (κ2) is 7.57. The van der Waals surface area contributed by atoms with E-state index in [1.165, 1.54) is 37.1 Å². The van der Waals surface area contributed by atoms with Gasteiger partial charge >= 0.3 is 5.97 Å². The number of esters is 1. The predicted molar refractivity (Wildman–Crippen MR) is 86.0 cm³/mol. The summed E-state index contributed by atoms with van der Waals surface area (Å²) in [4.78, 5) is 27.8. The average Bonchev–Trinajstić information content (AvgIpc) is 2.92. The van der Waals surface area contributed by atoms with Gasteiger partial charge in [0.05, 0.1) is 29.2 Å². The van der Waals surface area contributed by atoms with Crippen molar-refractivity contribution in [1.29, 1.82) is 0 Å². The van der Waals surface area contributed by atoms with E-state index in [4.69, 9.17) is 0 Å². The number of ether oxygens (including phenoxy) is 1. The zero-order valence-electron chi connectivity index (χ0n) is 12.1. The minimum atomic E-state index is -1.06. The largest absolute Gasteiger partial charge is 0.467 e. The molecule has 2 atom stereocenters. The number of methoxy groups -OCH3 is 1. The minimum Gasteiger partial charge on any atom is -0.467 e. The first-order valence-electron chi connectivity index (χ1n) is 6.55. The Kier molecular flexibility index (Phi) is 5.76. The van der Waals surface area contributed by atoms with Gasteiger partial charge in [0, 0.05) is 0 Å². The molecule has 2 aromatic rings. The van der Waals surface area contributed by atoms with Crippen LogP contribution in [0.3, 0.4) is 0 Å². The summed E-state index contributed by atoms with van der Waals surface area (Å²) < 4.78 is 6.38. The fraction of sp³-hybridized carbons (Fsp3) is 0.357. The molecule has 0 aliphatic rings. The summed E-state index contributed by atoms with van der Waals surface area (Å²) in [6.07, 6.45) is -1.02. The molecule has 0 radical (unpaired) electrons. The van der Waals surface area contributed by atoms with E-state index in [9.17, 15) is 14.7 Å². The second-order valence-corrected chi connectivity index (χ2v) is 6.80. The van der Waals surface area contributed by atoms with Crippen LogP contribution < -0.4 is 5.32 Å². The summed E-state index contributed by atoms with van der Waals surface area (Å²) in [5.41, 5.74) is 0.895. The van der Waals surface area contributed by atoms with E-state index in [1.54, 1.807) is 0 Å². The van der Waals surface area contributed by atoms with Gasteiger partial charge < -0.3 is 15.2 Å². The van der Waals surface area contributed by atoms with E-state index in [0.29, 0.717) is 0 Å². The highest BCUT2D eigenvalue weighted by Gasteiger charge is 2.26. The number of rotatable bonds is 6. The van der Waals surface area contributed by atoms with Crippen molar-refractivity contribution in [3.05, 3.63) is 24.3 Å². The lowest BCUT2D eigenvalue weighted by atomic mass is 10.2. The van der Waals surface area contributed by atoms with E-state index in [0.717, 1.165) is 14.6 Å². The standard InChI is InChI=1S/C14H16N2O4S2/c1-8(17)12(13(19)20-2)16-11(18)7-21-14-15-9-5-3-4-6-10(9)22-14/h3-6,8,12,17H,7H2,1-2H3,(H,16,18). The molecule has 1 amide bonds. The Balaban J connectivity index is 1.93. The monoisotopic (exact) mass is 340 g/mol.